The van der Waals surface area contributed by atoms with E-state index in [1.165, 1.54) is 23.7 Å². The lowest BCUT2D eigenvalue weighted by Crippen LogP contribution is -2.42. The number of carbonyl (C=O) groups excluding carboxylic acids is 2. The first-order valence-electron chi connectivity index (χ1n) is 9.13. The number of nitrogens with one attached hydrogen (secondary N) is 2. The number of aryl methyl sites for hydroxylation is 1. The highest BCUT2D eigenvalue weighted by Gasteiger charge is 2.31. The molecule has 2 aromatic heterocycles. The Morgan fingerprint density at radius 3 is 2.60 bits per heavy atom. The lowest BCUT2D eigenvalue weighted by molar-refractivity contribution is -0.128. The molecule has 156 valence electrons. The van der Waals surface area contributed by atoms with Gasteiger partial charge in [0.25, 0.3) is 5.91 Å². The van der Waals surface area contributed by atoms with Crippen molar-refractivity contribution in [1.82, 2.24) is 9.97 Å². The van der Waals surface area contributed by atoms with Gasteiger partial charge in [-0.2, -0.15) is 0 Å². The molecule has 0 saturated carbocycles. The minimum absolute atomic E-state index is 0.105. The monoisotopic (exact) mass is 444 g/mol. The molecular formula is C21H21ClN4O3S. The molecule has 30 heavy (non-hydrogen) atoms. The third-order valence-corrected chi connectivity index (χ3v) is 5.06. The molecule has 0 fully saturated rings. The highest BCUT2D eigenvalue weighted by Crippen LogP contribution is 2.23. The average Bonchev–Trinajstić information content (AvgIpc) is 3.10. The van der Waals surface area contributed by atoms with Crippen molar-refractivity contribution < 1.29 is 14.3 Å². The Morgan fingerprint density at radius 2 is 1.90 bits per heavy atom. The minimum atomic E-state index is -1.18. The summed E-state index contributed by atoms with van der Waals surface area (Å²) in [5.74, 6) is -0.179. The van der Waals surface area contributed by atoms with Gasteiger partial charge in [-0.05, 0) is 32.9 Å². The van der Waals surface area contributed by atoms with Crippen LogP contribution in [0.4, 0.5) is 10.8 Å². The molecule has 0 aliphatic heterocycles. The number of aromatic nitrogens is 2. The fourth-order valence-corrected chi connectivity index (χ4v) is 3.36. The highest BCUT2D eigenvalue weighted by molar-refractivity contribution is 7.14. The quantitative estimate of drug-likeness (QED) is 0.560. The van der Waals surface area contributed by atoms with Gasteiger partial charge in [0.1, 0.15) is 5.75 Å². The summed E-state index contributed by atoms with van der Waals surface area (Å²) in [5, 5.41) is 8.09. The number of nitrogens with zero attached hydrogens (tertiary/aromatic N) is 2. The van der Waals surface area contributed by atoms with Crippen LogP contribution in [0.15, 0.2) is 48.1 Å². The van der Waals surface area contributed by atoms with Gasteiger partial charge in [-0.3, -0.25) is 19.9 Å². The van der Waals surface area contributed by atoms with E-state index in [4.69, 9.17) is 16.3 Å². The molecule has 0 aliphatic carbocycles. The third kappa shape index (κ3) is 6.01. The van der Waals surface area contributed by atoms with E-state index in [0.717, 1.165) is 11.3 Å². The smallest absolute Gasteiger partial charge is 0.269 e. The summed E-state index contributed by atoms with van der Waals surface area (Å²) in [6.07, 6.45) is 3.07. The second-order valence-corrected chi connectivity index (χ2v) is 8.43. The number of amides is 2. The van der Waals surface area contributed by atoms with Gasteiger partial charge < -0.3 is 10.1 Å². The second-order valence-electron chi connectivity index (χ2n) is 7.14. The lowest BCUT2D eigenvalue weighted by atomic mass is 10.1. The maximum Gasteiger partial charge on any atom is 0.269 e. The predicted molar refractivity (Wildman–Crippen MR) is 118 cm³/mol. The van der Waals surface area contributed by atoms with Gasteiger partial charge in [-0.1, -0.05) is 29.3 Å². The van der Waals surface area contributed by atoms with E-state index in [0.29, 0.717) is 21.6 Å². The number of hydrogen-bond donors (Lipinski definition) is 2. The van der Waals surface area contributed by atoms with Gasteiger partial charge in [0, 0.05) is 23.3 Å². The van der Waals surface area contributed by atoms with E-state index >= 15 is 0 Å². The summed E-state index contributed by atoms with van der Waals surface area (Å²) in [4.78, 5) is 33.1. The Morgan fingerprint density at radius 1 is 1.17 bits per heavy atom. The summed E-state index contributed by atoms with van der Waals surface area (Å²) >= 11 is 7.14. The number of thiazole rings is 1. The standard InChI is InChI=1S/C21H21ClN4O3S/c1-13-4-6-15(7-5-13)24-18(27)9-16-12-30-20(25-16)26-19(28)21(2,3)29-17-8-14(22)10-23-11-17/h4-8,10-12H,9H2,1-3H3,(H,24,27)(H,25,26,28). The van der Waals surface area contributed by atoms with Crippen LogP contribution in [0.2, 0.25) is 5.02 Å². The fourth-order valence-electron chi connectivity index (χ4n) is 2.49. The molecular weight excluding hydrogens is 424 g/mol. The molecule has 0 aliphatic rings. The van der Waals surface area contributed by atoms with E-state index in [1.807, 2.05) is 31.2 Å². The number of carbonyl (C=O) groups is 2. The summed E-state index contributed by atoms with van der Waals surface area (Å²) in [5.41, 5.74) is 1.23. The summed E-state index contributed by atoms with van der Waals surface area (Å²) in [7, 11) is 0. The number of pyridine rings is 1. The molecule has 0 spiro atoms. The number of benzene rings is 1. The highest BCUT2D eigenvalue weighted by atomic mass is 35.5. The first-order valence-corrected chi connectivity index (χ1v) is 10.4. The maximum absolute atomic E-state index is 12.6. The van der Waals surface area contributed by atoms with Crippen LogP contribution in [0.3, 0.4) is 0 Å². The zero-order valence-corrected chi connectivity index (χ0v) is 18.3. The van der Waals surface area contributed by atoms with Crippen LogP contribution < -0.4 is 15.4 Å². The van der Waals surface area contributed by atoms with Gasteiger partial charge in [-0.25, -0.2) is 4.98 Å². The molecule has 9 heteroatoms. The van der Waals surface area contributed by atoms with Gasteiger partial charge in [0.05, 0.1) is 23.3 Å². The fraction of sp³-hybridized carbons (Fsp3) is 0.238. The molecule has 0 bridgehead atoms. The van der Waals surface area contributed by atoms with Gasteiger partial charge >= 0.3 is 0 Å². The number of hydrogen-bond acceptors (Lipinski definition) is 6. The van der Waals surface area contributed by atoms with Crippen molar-refractivity contribution in [3.8, 4) is 5.75 Å². The van der Waals surface area contributed by atoms with Crippen LogP contribution in [0, 0.1) is 6.92 Å². The first kappa shape index (κ1) is 21.7. The minimum Gasteiger partial charge on any atom is -0.476 e. The van der Waals surface area contributed by atoms with Crippen molar-refractivity contribution in [2.24, 2.45) is 0 Å². The molecule has 3 rings (SSSR count). The van der Waals surface area contributed by atoms with Crippen LogP contribution in [0.5, 0.6) is 5.75 Å². The Bertz CT molecular complexity index is 1050. The van der Waals surface area contributed by atoms with Crippen molar-refractivity contribution in [3.05, 3.63) is 64.4 Å². The molecule has 2 heterocycles. The van der Waals surface area contributed by atoms with Gasteiger partial charge in [0.2, 0.25) is 5.91 Å². The van der Waals surface area contributed by atoms with E-state index in [-0.39, 0.29) is 18.2 Å². The van der Waals surface area contributed by atoms with Crippen LogP contribution in [-0.2, 0) is 16.0 Å². The summed E-state index contributed by atoms with van der Waals surface area (Å²) in [6.45, 7) is 5.24. The van der Waals surface area contributed by atoms with Crippen molar-refractivity contribution in [1.29, 1.82) is 0 Å². The third-order valence-electron chi connectivity index (χ3n) is 4.05. The SMILES string of the molecule is Cc1ccc(NC(=O)Cc2csc(NC(=O)C(C)(C)Oc3cncc(Cl)c3)n2)cc1. The number of rotatable bonds is 7. The predicted octanol–water partition coefficient (Wildman–Crippen LogP) is 4.48. The first-order chi connectivity index (χ1) is 14.2. The molecule has 0 atom stereocenters. The largest absolute Gasteiger partial charge is 0.476 e. The van der Waals surface area contributed by atoms with E-state index < -0.39 is 5.60 Å². The molecule has 3 aromatic rings. The zero-order chi connectivity index (χ0) is 21.7. The Labute approximate surface area is 183 Å². The van der Waals surface area contributed by atoms with E-state index in [1.54, 1.807) is 25.3 Å². The zero-order valence-electron chi connectivity index (χ0n) is 16.7. The van der Waals surface area contributed by atoms with Gasteiger partial charge in [-0.15, -0.1) is 11.3 Å². The van der Waals surface area contributed by atoms with Crippen LogP contribution >= 0.6 is 22.9 Å². The molecule has 0 unspecified atom stereocenters. The molecule has 7 nitrogen and oxygen atoms in total. The van der Waals surface area contributed by atoms with E-state index in [2.05, 4.69) is 20.6 Å². The maximum atomic E-state index is 12.6. The topological polar surface area (TPSA) is 93.2 Å². The Hall–Kier alpha value is -2.97. The number of ether oxygens (including phenoxy) is 1. The van der Waals surface area contributed by atoms with Crippen molar-refractivity contribution >= 4 is 45.6 Å². The lowest BCUT2D eigenvalue weighted by Gasteiger charge is -2.24. The molecule has 2 amide bonds. The van der Waals surface area contributed by atoms with Crippen LogP contribution in [0.1, 0.15) is 25.1 Å². The summed E-state index contributed by atoms with van der Waals surface area (Å²) < 4.78 is 5.72. The Kier molecular flexibility index (Phi) is 6.69. The molecule has 0 saturated heterocycles. The Balaban J connectivity index is 1.56. The van der Waals surface area contributed by atoms with Gasteiger partial charge in [0.15, 0.2) is 10.7 Å². The molecule has 2 N–H and O–H groups in total. The normalized spacial score (nSPS) is 11.1. The van der Waals surface area contributed by atoms with Crippen molar-refractivity contribution in [2.45, 2.75) is 32.8 Å². The second kappa shape index (κ2) is 9.23. The summed E-state index contributed by atoms with van der Waals surface area (Å²) in [6, 6.07) is 9.12. The van der Waals surface area contributed by atoms with E-state index in [9.17, 15) is 9.59 Å². The van der Waals surface area contributed by atoms with Crippen LogP contribution in [-0.4, -0.2) is 27.4 Å². The molecule has 1 aromatic carbocycles. The van der Waals surface area contributed by atoms with Crippen LogP contribution in [0.25, 0.3) is 0 Å². The molecule has 0 radical (unpaired) electrons. The van der Waals surface area contributed by atoms with Crippen molar-refractivity contribution in [2.75, 3.05) is 10.6 Å². The average molecular weight is 445 g/mol. The number of halogens is 1. The van der Waals surface area contributed by atoms with Crippen molar-refractivity contribution in [3.63, 3.8) is 0 Å². The number of anilines is 2.